The number of nitrogens with one attached hydrogen (secondary N) is 1. The lowest BCUT2D eigenvalue weighted by molar-refractivity contribution is -0.121. The molecule has 9 heteroatoms. The molecule has 1 N–H and O–H groups in total. The second kappa shape index (κ2) is 11.1. The van der Waals surface area contributed by atoms with Crippen molar-refractivity contribution in [2.75, 3.05) is 25.5 Å². The van der Waals surface area contributed by atoms with E-state index in [0.717, 1.165) is 13.1 Å². The lowest BCUT2D eigenvalue weighted by atomic mass is 10.1. The highest BCUT2D eigenvalue weighted by Crippen LogP contribution is 2.27. The van der Waals surface area contributed by atoms with Crippen LogP contribution in [0.4, 0.5) is 10.1 Å². The van der Waals surface area contributed by atoms with Crippen molar-refractivity contribution in [3.63, 3.8) is 0 Å². The molecular formula is C24H27FN4O3S. The third-order valence-electron chi connectivity index (χ3n) is 5.18. The molecule has 3 rings (SSSR count). The monoisotopic (exact) mass is 470 g/mol. The number of benzene rings is 2. The van der Waals surface area contributed by atoms with E-state index in [1.165, 1.54) is 28.8 Å². The normalized spacial score (nSPS) is 15.2. The molecule has 33 heavy (non-hydrogen) atoms. The van der Waals surface area contributed by atoms with Crippen molar-refractivity contribution in [1.29, 1.82) is 0 Å². The molecule has 1 unspecified atom stereocenters. The van der Waals surface area contributed by atoms with Crippen LogP contribution in [-0.2, 0) is 16.1 Å². The Morgan fingerprint density at radius 2 is 1.85 bits per heavy atom. The number of hydrogen-bond donors (Lipinski definition) is 1. The maximum absolute atomic E-state index is 13.4. The molecule has 1 aliphatic rings. The zero-order chi connectivity index (χ0) is 24.0. The number of aliphatic imine (C=N–C) groups is 1. The van der Waals surface area contributed by atoms with Crippen LogP contribution in [0.15, 0.2) is 53.5 Å². The van der Waals surface area contributed by atoms with E-state index in [-0.39, 0.29) is 36.5 Å². The summed E-state index contributed by atoms with van der Waals surface area (Å²) in [7, 11) is 1.63. The van der Waals surface area contributed by atoms with Crippen LogP contribution in [0.25, 0.3) is 0 Å². The third kappa shape index (κ3) is 6.41. The number of amides is 3. The third-order valence-corrected chi connectivity index (χ3v) is 6.40. The number of carbonyl (C=O) groups excluding carboxylic acids is 3. The van der Waals surface area contributed by atoms with E-state index in [2.05, 4.69) is 10.3 Å². The van der Waals surface area contributed by atoms with Gasteiger partial charge in [-0.1, -0.05) is 30.0 Å². The Bertz CT molecular complexity index is 1070. The number of amidine groups is 1. The fraction of sp³-hybridized carbons (Fsp3) is 0.333. The summed E-state index contributed by atoms with van der Waals surface area (Å²) in [6.07, 6.45) is -0.00455. The van der Waals surface area contributed by atoms with Gasteiger partial charge in [0.05, 0.1) is 0 Å². The Hall–Kier alpha value is -3.20. The van der Waals surface area contributed by atoms with Crippen LogP contribution in [-0.4, -0.2) is 58.1 Å². The maximum atomic E-state index is 13.4. The predicted octanol–water partition coefficient (Wildman–Crippen LogP) is 3.77. The lowest BCUT2D eigenvalue weighted by Gasteiger charge is -2.19. The molecule has 0 saturated heterocycles. The molecule has 0 fully saturated rings. The fourth-order valence-corrected chi connectivity index (χ4v) is 4.64. The Labute approximate surface area is 197 Å². The molecule has 0 saturated carbocycles. The van der Waals surface area contributed by atoms with E-state index in [1.54, 1.807) is 43.4 Å². The van der Waals surface area contributed by atoms with Gasteiger partial charge < -0.3 is 15.1 Å². The molecule has 2 aromatic rings. The van der Waals surface area contributed by atoms with E-state index in [4.69, 9.17) is 0 Å². The minimum absolute atomic E-state index is 0.00455. The van der Waals surface area contributed by atoms with Gasteiger partial charge in [0.25, 0.3) is 11.8 Å². The molecule has 7 nitrogen and oxygen atoms in total. The first kappa shape index (κ1) is 24.4. The Balaban J connectivity index is 1.59. The molecule has 0 radical (unpaired) electrons. The number of anilines is 1. The molecule has 0 bridgehead atoms. The summed E-state index contributed by atoms with van der Waals surface area (Å²) in [6, 6.07) is 12.7. The second-order valence-corrected chi connectivity index (χ2v) is 8.81. The average molecular weight is 471 g/mol. The van der Waals surface area contributed by atoms with Gasteiger partial charge in [-0.3, -0.25) is 14.4 Å². The zero-order valence-electron chi connectivity index (χ0n) is 18.9. The van der Waals surface area contributed by atoms with Crippen molar-refractivity contribution in [1.82, 2.24) is 9.80 Å². The molecule has 1 heterocycles. The van der Waals surface area contributed by atoms with Crippen molar-refractivity contribution in [2.45, 2.75) is 32.1 Å². The van der Waals surface area contributed by atoms with Crippen LogP contribution in [0.2, 0.25) is 0 Å². The van der Waals surface area contributed by atoms with Crippen molar-refractivity contribution < 1.29 is 18.8 Å². The molecule has 1 atom stereocenters. The SMILES string of the molecule is CCN(CC)C1=NC(=O)C(CC(=O)Nc2cccc(C(=O)N(C)Cc3cccc(F)c3)c2)S1. The predicted molar refractivity (Wildman–Crippen MR) is 129 cm³/mol. The molecule has 0 spiro atoms. The molecule has 2 aromatic carbocycles. The van der Waals surface area contributed by atoms with Crippen molar-refractivity contribution >= 4 is 40.3 Å². The van der Waals surface area contributed by atoms with Crippen LogP contribution in [0, 0.1) is 5.82 Å². The highest BCUT2D eigenvalue weighted by atomic mass is 32.2. The number of halogens is 1. The first-order chi connectivity index (χ1) is 15.8. The van der Waals surface area contributed by atoms with E-state index in [9.17, 15) is 18.8 Å². The van der Waals surface area contributed by atoms with Gasteiger partial charge in [-0.25, -0.2) is 4.39 Å². The van der Waals surface area contributed by atoms with Gasteiger partial charge in [-0.2, -0.15) is 4.99 Å². The van der Waals surface area contributed by atoms with Gasteiger partial charge in [-0.15, -0.1) is 0 Å². The molecule has 1 aliphatic heterocycles. The van der Waals surface area contributed by atoms with E-state index < -0.39 is 5.25 Å². The quantitative estimate of drug-likeness (QED) is 0.635. The van der Waals surface area contributed by atoms with Crippen LogP contribution in [0.5, 0.6) is 0 Å². The van der Waals surface area contributed by atoms with Gasteiger partial charge in [0.2, 0.25) is 5.91 Å². The van der Waals surface area contributed by atoms with Gasteiger partial charge in [0.15, 0.2) is 5.17 Å². The van der Waals surface area contributed by atoms with Crippen LogP contribution in [0.1, 0.15) is 36.2 Å². The summed E-state index contributed by atoms with van der Waals surface area (Å²) in [6.45, 7) is 5.71. The molecule has 3 amide bonds. The lowest BCUT2D eigenvalue weighted by Crippen LogP contribution is -2.28. The van der Waals surface area contributed by atoms with Crippen molar-refractivity contribution in [3.05, 3.63) is 65.5 Å². The standard InChI is InChI=1S/C24H27FN4O3S/c1-4-29(5-2)24-27-22(31)20(33-24)14-21(30)26-19-11-7-9-17(13-19)23(32)28(3)15-16-8-6-10-18(25)12-16/h6-13,20H,4-5,14-15H2,1-3H3,(H,26,30). The maximum Gasteiger partial charge on any atom is 0.262 e. The minimum atomic E-state index is -0.553. The molecule has 0 aromatic heterocycles. The minimum Gasteiger partial charge on any atom is -0.352 e. The highest BCUT2D eigenvalue weighted by molar-refractivity contribution is 8.15. The highest BCUT2D eigenvalue weighted by Gasteiger charge is 2.32. The molecular weight excluding hydrogens is 443 g/mol. The van der Waals surface area contributed by atoms with Gasteiger partial charge in [-0.05, 0) is 49.7 Å². The van der Waals surface area contributed by atoms with Crippen molar-refractivity contribution in [2.24, 2.45) is 4.99 Å². The summed E-state index contributed by atoms with van der Waals surface area (Å²) in [5.74, 6) is -1.24. The van der Waals surface area contributed by atoms with Crippen molar-refractivity contribution in [3.8, 4) is 0 Å². The van der Waals surface area contributed by atoms with E-state index >= 15 is 0 Å². The number of thioether (sulfide) groups is 1. The first-order valence-corrected chi connectivity index (χ1v) is 11.6. The number of hydrogen-bond acceptors (Lipinski definition) is 5. The Morgan fingerprint density at radius 1 is 1.12 bits per heavy atom. The summed E-state index contributed by atoms with van der Waals surface area (Å²) in [4.78, 5) is 45.1. The second-order valence-electron chi connectivity index (χ2n) is 7.64. The Kier molecular flexibility index (Phi) is 8.21. The van der Waals surface area contributed by atoms with E-state index in [1.807, 2.05) is 18.7 Å². The Morgan fingerprint density at radius 3 is 2.55 bits per heavy atom. The zero-order valence-corrected chi connectivity index (χ0v) is 19.7. The number of nitrogens with zero attached hydrogens (tertiary/aromatic N) is 3. The summed E-state index contributed by atoms with van der Waals surface area (Å²) in [5, 5.41) is 2.86. The topological polar surface area (TPSA) is 82.1 Å². The number of rotatable bonds is 8. The first-order valence-electron chi connectivity index (χ1n) is 10.7. The summed E-state index contributed by atoms with van der Waals surface area (Å²) in [5.41, 5.74) is 1.54. The largest absolute Gasteiger partial charge is 0.352 e. The van der Waals surface area contributed by atoms with Gasteiger partial charge in [0.1, 0.15) is 11.1 Å². The summed E-state index contributed by atoms with van der Waals surface area (Å²) >= 11 is 1.31. The molecule has 174 valence electrons. The van der Waals surface area contributed by atoms with Gasteiger partial charge >= 0.3 is 0 Å². The summed E-state index contributed by atoms with van der Waals surface area (Å²) < 4.78 is 13.4. The molecule has 0 aliphatic carbocycles. The average Bonchev–Trinajstić information content (AvgIpc) is 3.13. The fourth-order valence-electron chi connectivity index (χ4n) is 3.45. The van der Waals surface area contributed by atoms with Crippen LogP contribution >= 0.6 is 11.8 Å². The van der Waals surface area contributed by atoms with E-state index in [0.29, 0.717) is 22.0 Å². The van der Waals surface area contributed by atoms with Crippen LogP contribution in [0.3, 0.4) is 0 Å². The van der Waals surface area contributed by atoms with Crippen LogP contribution < -0.4 is 5.32 Å². The smallest absolute Gasteiger partial charge is 0.262 e. The van der Waals surface area contributed by atoms with Gasteiger partial charge in [0, 0.05) is 44.4 Å². The number of carbonyl (C=O) groups is 3.